The summed E-state index contributed by atoms with van der Waals surface area (Å²) in [6.07, 6.45) is 2.11. The predicted molar refractivity (Wildman–Crippen MR) is 77.6 cm³/mol. The first kappa shape index (κ1) is 13.1. The Morgan fingerprint density at radius 1 is 1.35 bits per heavy atom. The highest BCUT2D eigenvalue weighted by atomic mass is 35.5. The van der Waals surface area contributed by atoms with E-state index in [0.29, 0.717) is 12.4 Å². The molecule has 20 heavy (non-hydrogen) atoms. The van der Waals surface area contributed by atoms with Crippen molar-refractivity contribution in [2.24, 2.45) is 7.05 Å². The number of aryl methyl sites for hydroxylation is 1. The molecule has 1 aromatic carbocycles. The molecule has 0 saturated heterocycles. The Kier molecular flexibility index (Phi) is 3.42. The maximum absolute atomic E-state index is 6.11. The van der Waals surface area contributed by atoms with E-state index in [-0.39, 0.29) is 0 Å². The van der Waals surface area contributed by atoms with Gasteiger partial charge in [0.25, 0.3) is 0 Å². The third-order valence-corrected chi connectivity index (χ3v) is 3.39. The second-order valence-electron chi connectivity index (χ2n) is 4.67. The minimum Gasteiger partial charge on any atom is -0.339 e. The van der Waals surface area contributed by atoms with Gasteiger partial charge in [-0.25, -0.2) is 0 Å². The summed E-state index contributed by atoms with van der Waals surface area (Å²) in [6.45, 7) is 1.38. The summed E-state index contributed by atoms with van der Waals surface area (Å²) in [7, 11) is 3.69. The molecule has 0 fully saturated rings. The summed E-state index contributed by atoms with van der Waals surface area (Å²) in [5.41, 5.74) is 2.30. The van der Waals surface area contributed by atoms with Crippen molar-refractivity contribution in [3.8, 4) is 0 Å². The van der Waals surface area contributed by atoms with Crippen molar-refractivity contribution in [2.45, 2.75) is 13.1 Å². The molecule has 0 radical (unpaired) electrons. The van der Waals surface area contributed by atoms with Crippen LogP contribution in [0.5, 0.6) is 0 Å². The fourth-order valence-corrected chi connectivity index (χ4v) is 2.51. The zero-order valence-corrected chi connectivity index (χ0v) is 12.1. The first-order valence-electron chi connectivity index (χ1n) is 6.32. The van der Waals surface area contributed by atoms with Gasteiger partial charge in [0.15, 0.2) is 5.82 Å². The Morgan fingerprint density at radius 3 is 2.90 bits per heavy atom. The van der Waals surface area contributed by atoms with Gasteiger partial charge in [-0.1, -0.05) is 17.7 Å². The van der Waals surface area contributed by atoms with E-state index < -0.39 is 0 Å². The van der Waals surface area contributed by atoms with E-state index in [1.807, 2.05) is 25.2 Å². The lowest BCUT2D eigenvalue weighted by Gasteiger charge is -2.01. The van der Waals surface area contributed by atoms with Crippen LogP contribution < -0.4 is 5.32 Å². The molecule has 0 atom stereocenters. The van der Waals surface area contributed by atoms with E-state index in [1.54, 1.807) is 7.05 Å². The van der Waals surface area contributed by atoms with Crippen molar-refractivity contribution < 1.29 is 0 Å². The molecule has 7 heteroatoms. The van der Waals surface area contributed by atoms with Crippen molar-refractivity contribution in [3.05, 3.63) is 40.8 Å². The van der Waals surface area contributed by atoms with Gasteiger partial charge in [-0.3, -0.25) is 0 Å². The number of nitrogens with zero attached hydrogens (tertiary/aromatic N) is 5. The van der Waals surface area contributed by atoms with Crippen LogP contribution in [0.15, 0.2) is 24.4 Å². The fourth-order valence-electron chi connectivity index (χ4n) is 2.34. The van der Waals surface area contributed by atoms with Crippen LogP contribution in [0, 0.1) is 0 Å². The molecule has 0 spiro atoms. The smallest absolute Gasteiger partial charge is 0.194 e. The summed E-state index contributed by atoms with van der Waals surface area (Å²) in [5, 5.41) is 17.2. The van der Waals surface area contributed by atoms with Gasteiger partial charge in [0.05, 0.1) is 19.1 Å². The standard InChI is InChI=1S/C13H15ClN6/c1-15-6-9-7-20(8-13-16-18-19(2)17-13)12-5-10(14)3-4-11(9)12/h3-5,7,15H,6,8H2,1-2H3. The monoisotopic (exact) mass is 290 g/mol. The van der Waals surface area contributed by atoms with Gasteiger partial charge in [-0.15, -0.1) is 10.2 Å². The molecule has 104 valence electrons. The zero-order valence-electron chi connectivity index (χ0n) is 11.3. The molecule has 0 amide bonds. The molecule has 0 aliphatic rings. The Balaban J connectivity index is 2.06. The number of rotatable bonds is 4. The van der Waals surface area contributed by atoms with Gasteiger partial charge >= 0.3 is 0 Å². The molecule has 0 saturated carbocycles. The average molecular weight is 291 g/mol. The van der Waals surface area contributed by atoms with Crippen molar-refractivity contribution in [1.29, 1.82) is 0 Å². The van der Waals surface area contributed by atoms with Crippen molar-refractivity contribution in [2.75, 3.05) is 7.05 Å². The Bertz CT molecular complexity index is 744. The van der Waals surface area contributed by atoms with Gasteiger partial charge in [-0.2, -0.15) is 4.80 Å². The summed E-state index contributed by atoms with van der Waals surface area (Å²) in [4.78, 5) is 1.46. The highest BCUT2D eigenvalue weighted by Crippen LogP contribution is 2.25. The minimum atomic E-state index is 0.578. The molecule has 0 aliphatic heterocycles. The van der Waals surface area contributed by atoms with E-state index in [1.165, 1.54) is 15.7 Å². The SMILES string of the molecule is CNCc1cn(Cc2nnn(C)n2)c2cc(Cl)ccc12. The lowest BCUT2D eigenvalue weighted by atomic mass is 10.2. The van der Waals surface area contributed by atoms with Crippen LogP contribution in [0.2, 0.25) is 5.02 Å². The maximum atomic E-state index is 6.11. The normalized spacial score (nSPS) is 11.3. The number of nitrogens with one attached hydrogen (secondary N) is 1. The number of halogens is 1. The number of hydrogen-bond donors (Lipinski definition) is 1. The summed E-state index contributed by atoms with van der Waals surface area (Å²) >= 11 is 6.11. The van der Waals surface area contributed by atoms with E-state index >= 15 is 0 Å². The predicted octanol–water partition coefficient (Wildman–Crippen LogP) is 1.59. The number of hydrogen-bond acceptors (Lipinski definition) is 4. The second kappa shape index (κ2) is 5.22. The van der Waals surface area contributed by atoms with Crippen LogP contribution in [-0.2, 0) is 20.1 Å². The molecule has 0 bridgehead atoms. The van der Waals surface area contributed by atoms with Gasteiger partial charge in [-0.05, 0) is 30.0 Å². The van der Waals surface area contributed by atoms with Gasteiger partial charge in [0.1, 0.15) is 0 Å². The topological polar surface area (TPSA) is 60.6 Å². The van der Waals surface area contributed by atoms with Crippen molar-refractivity contribution >= 4 is 22.5 Å². The first-order chi connectivity index (χ1) is 9.67. The maximum Gasteiger partial charge on any atom is 0.194 e. The molecule has 0 unspecified atom stereocenters. The van der Waals surface area contributed by atoms with Crippen molar-refractivity contribution in [1.82, 2.24) is 30.1 Å². The zero-order chi connectivity index (χ0) is 14.1. The van der Waals surface area contributed by atoms with Crippen LogP contribution in [-0.4, -0.2) is 31.8 Å². The van der Waals surface area contributed by atoms with Crippen LogP contribution in [0.1, 0.15) is 11.4 Å². The molecular formula is C13H15ClN6. The van der Waals surface area contributed by atoms with E-state index in [0.717, 1.165) is 17.1 Å². The Morgan fingerprint density at radius 2 is 2.20 bits per heavy atom. The van der Waals surface area contributed by atoms with Crippen LogP contribution in [0.3, 0.4) is 0 Å². The quantitative estimate of drug-likeness (QED) is 0.793. The molecule has 0 aliphatic carbocycles. The number of benzene rings is 1. The summed E-state index contributed by atoms with van der Waals surface area (Å²) < 4.78 is 2.10. The van der Waals surface area contributed by atoms with Crippen molar-refractivity contribution in [3.63, 3.8) is 0 Å². The molecule has 2 aromatic heterocycles. The molecule has 6 nitrogen and oxygen atoms in total. The second-order valence-corrected chi connectivity index (χ2v) is 5.11. The average Bonchev–Trinajstić information content (AvgIpc) is 2.96. The molecule has 3 rings (SSSR count). The molecule has 3 aromatic rings. The van der Waals surface area contributed by atoms with E-state index in [9.17, 15) is 0 Å². The third-order valence-electron chi connectivity index (χ3n) is 3.16. The number of tetrazole rings is 1. The van der Waals surface area contributed by atoms with E-state index in [2.05, 4.69) is 31.5 Å². The van der Waals surface area contributed by atoms with Crippen LogP contribution in [0.25, 0.3) is 10.9 Å². The van der Waals surface area contributed by atoms with Crippen LogP contribution in [0.4, 0.5) is 0 Å². The highest BCUT2D eigenvalue weighted by Gasteiger charge is 2.10. The number of aromatic nitrogens is 5. The minimum absolute atomic E-state index is 0.578. The highest BCUT2D eigenvalue weighted by molar-refractivity contribution is 6.31. The Labute approximate surface area is 121 Å². The third kappa shape index (κ3) is 2.39. The summed E-state index contributed by atoms with van der Waals surface area (Å²) in [5.74, 6) is 0.681. The van der Waals surface area contributed by atoms with Gasteiger partial charge in [0, 0.05) is 23.2 Å². The molecular weight excluding hydrogens is 276 g/mol. The fraction of sp³-hybridized carbons (Fsp3) is 0.308. The van der Waals surface area contributed by atoms with E-state index in [4.69, 9.17) is 11.6 Å². The molecule has 2 heterocycles. The lowest BCUT2D eigenvalue weighted by Crippen LogP contribution is -2.04. The van der Waals surface area contributed by atoms with Gasteiger partial charge in [0.2, 0.25) is 0 Å². The summed E-state index contributed by atoms with van der Waals surface area (Å²) in [6, 6.07) is 5.92. The molecule has 1 N–H and O–H groups in total. The largest absolute Gasteiger partial charge is 0.339 e. The number of fused-ring (bicyclic) bond motifs is 1. The Hall–Kier alpha value is -1.92. The van der Waals surface area contributed by atoms with Crippen LogP contribution >= 0.6 is 11.6 Å². The first-order valence-corrected chi connectivity index (χ1v) is 6.70. The van der Waals surface area contributed by atoms with Gasteiger partial charge < -0.3 is 9.88 Å². The lowest BCUT2D eigenvalue weighted by molar-refractivity contribution is 0.625.